The summed E-state index contributed by atoms with van der Waals surface area (Å²) < 4.78 is 11.0. The van der Waals surface area contributed by atoms with Gasteiger partial charge in [0, 0.05) is 11.1 Å². The van der Waals surface area contributed by atoms with Gasteiger partial charge in [-0.2, -0.15) is 0 Å². The Balaban J connectivity index is 1.66. The summed E-state index contributed by atoms with van der Waals surface area (Å²) in [5, 5.41) is 0. The standard InChI is InChI=1S/C25H23NO4/c1-2-18-15-20(13-14-23(18)30-17-22-16-29-22)25(28)26(21-11-7-4-8-12-21)24(27)19-9-5-3-6-10-19/h3-15,22H,2,16-17H2,1H3. The van der Waals surface area contributed by atoms with Gasteiger partial charge in [-0.1, -0.05) is 43.3 Å². The van der Waals surface area contributed by atoms with Gasteiger partial charge in [-0.25, -0.2) is 4.90 Å². The number of carbonyl (C=O) groups excluding carboxylic acids is 2. The molecule has 0 spiro atoms. The maximum absolute atomic E-state index is 13.5. The van der Waals surface area contributed by atoms with Crippen LogP contribution in [0.25, 0.3) is 0 Å². The van der Waals surface area contributed by atoms with Crippen molar-refractivity contribution in [3.63, 3.8) is 0 Å². The summed E-state index contributed by atoms with van der Waals surface area (Å²) in [6.45, 7) is 3.24. The van der Waals surface area contributed by atoms with Crippen molar-refractivity contribution in [1.82, 2.24) is 0 Å². The molecule has 0 radical (unpaired) electrons. The number of amides is 2. The second-order valence-electron chi connectivity index (χ2n) is 7.09. The van der Waals surface area contributed by atoms with Crippen LogP contribution < -0.4 is 9.64 Å². The maximum Gasteiger partial charge on any atom is 0.265 e. The molecule has 0 saturated carbocycles. The van der Waals surface area contributed by atoms with Crippen LogP contribution in [-0.4, -0.2) is 31.1 Å². The molecular formula is C25H23NO4. The number of carbonyl (C=O) groups is 2. The van der Waals surface area contributed by atoms with Gasteiger partial charge in [-0.3, -0.25) is 9.59 Å². The maximum atomic E-state index is 13.5. The van der Waals surface area contributed by atoms with Gasteiger partial charge in [0.25, 0.3) is 11.8 Å². The lowest BCUT2D eigenvalue weighted by Gasteiger charge is -2.22. The summed E-state index contributed by atoms with van der Waals surface area (Å²) >= 11 is 0. The van der Waals surface area contributed by atoms with Crippen molar-refractivity contribution < 1.29 is 19.1 Å². The van der Waals surface area contributed by atoms with Gasteiger partial charge in [0.2, 0.25) is 0 Å². The van der Waals surface area contributed by atoms with E-state index < -0.39 is 0 Å². The lowest BCUT2D eigenvalue weighted by molar-refractivity contribution is 0.0897. The van der Waals surface area contributed by atoms with E-state index in [-0.39, 0.29) is 17.9 Å². The zero-order valence-corrected chi connectivity index (χ0v) is 16.8. The van der Waals surface area contributed by atoms with Crippen molar-refractivity contribution >= 4 is 17.5 Å². The second kappa shape index (κ2) is 8.93. The second-order valence-corrected chi connectivity index (χ2v) is 7.09. The third kappa shape index (κ3) is 4.42. The predicted octanol–water partition coefficient (Wildman–Crippen LogP) is 4.51. The van der Waals surface area contributed by atoms with E-state index in [9.17, 15) is 9.59 Å². The fourth-order valence-corrected chi connectivity index (χ4v) is 3.22. The number of anilines is 1. The highest BCUT2D eigenvalue weighted by Crippen LogP contribution is 2.26. The van der Waals surface area contributed by atoms with Crippen molar-refractivity contribution in [3.05, 3.63) is 95.6 Å². The molecule has 1 aliphatic rings. The molecule has 5 heteroatoms. The molecule has 30 heavy (non-hydrogen) atoms. The highest BCUT2D eigenvalue weighted by Gasteiger charge is 2.27. The van der Waals surface area contributed by atoms with Crippen LogP contribution in [0.1, 0.15) is 33.2 Å². The molecule has 4 rings (SSSR count). The molecule has 1 atom stereocenters. The first kappa shape index (κ1) is 19.9. The number of hydrogen-bond donors (Lipinski definition) is 0. The SMILES string of the molecule is CCc1cc(C(=O)N(C(=O)c2ccccc2)c2ccccc2)ccc1OCC1CO1. The van der Waals surface area contributed by atoms with Crippen molar-refractivity contribution in [2.24, 2.45) is 0 Å². The minimum absolute atomic E-state index is 0.160. The Bertz CT molecular complexity index is 1030. The summed E-state index contributed by atoms with van der Waals surface area (Å²) in [4.78, 5) is 27.9. The molecule has 5 nitrogen and oxygen atoms in total. The first-order valence-electron chi connectivity index (χ1n) is 10.0. The van der Waals surface area contributed by atoms with E-state index in [2.05, 4.69) is 0 Å². The average Bonchev–Trinajstić information content (AvgIpc) is 3.63. The number of ether oxygens (including phenoxy) is 2. The Morgan fingerprint density at radius 3 is 2.20 bits per heavy atom. The minimum atomic E-state index is -0.373. The van der Waals surface area contributed by atoms with Crippen molar-refractivity contribution in [2.45, 2.75) is 19.4 Å². The molecule has 0 bridgehead atoms. The molecule has 3 aromatic rings. The summed E-state index contributed by atoms with van der Waals surface area (Å²) in [5.74, 6) is 0.00286. The minimum Gasteiger partial charge on any atom is -0.491 e. The number of aryl methyl sites for hydroxylation is 1. The van der Waals surface area contributed by atoms with Crippen molar-refractivity contribution in [1.29, 1.82) is 0 Å². The third-order valence-corrected chi connectivity index (χ3v) is 4.96. The number of rotatable bonds is 7. The molecule has 152 valence electrons. The van der Waals surface area contributed by atoms with E-state index in [1.165, 1.54) is 4.90 Å². The van der Waals surface area contributed by atoms with E-state index in [1.807, 2.05) is 31.2 Å². The highest BCUT2D eigenvalue weighted by atomic mass is 16.6. The Kier molecular flexibility index (Phi) is 5.91. The Morgan fingerprint density at radius 1 is 0.933 bits per heavy atom. The molecule has 3 aromatic carbocycles. The number of benzene rings is 3. The van der Waals surface area contributed by atoms with Crippen LogP contribution in [0.3, 0.4) is 0 Å². The van der Waals surface area contributed by atoms with Crippen LogP contribution in [0.15, 0.2) is 78.9 Å². The summed E-state index contributed by atoms with van der Waals surface area (Å²) in [6.07, 6.45) is 0.869. The molecule has 0 aliphatic carbocycles. The summed E-state index contributed by atoms with van der Waals surface area (Å²) in [6, 6.07) is 23.1. The zero-order chi connectivity index (χ0) is 20.9. The number of nitrogens with zero attached hydrogens (tertiary/aromatic N) is 1. The van der Waals surface area contributed by atoms with Gasteiger partial charge in [0.1, 0.15) is 18.5 Å². The number of para-hydroxylation sites is 1. The summed E-state index contributed by atoms with van der Waals surface area (Å²) in [7, 11) is 0. The average molecular weight is 401 g/mol. The fraction of sp³-hybridized carbons (Fsp3) is 0.200. The van der Waals surface area contributed by atoms with E-state index in [0.29, 0.717) is 29.8 Å². The molecule has 1 saturated heterocycles. The van der Waals surface area contributed by atoms with Gasteiger partial charge < -0.3 is 9.47 Å². The Hall–Kier alpha value is -3.44. The zero-order valence-electron chi connectivity index (χ0n) is 16.8. The van der Waals surface area contributed by atoms with Crippen LogP contribution in [-0.2, 0) is 11.2 Å². The van der Waals surface area contributed by atoms with Gasteiger partial charge in [0.05, 0.1) is 12.3 Å². The molecule has 1 unspecified atom stereocenters. The molecule has 0 N–H and O–H groups in total. The monoisotopic (exact) mass is 401 g/mol. The highest BCUT2D eigenvalue weighted by molar-refractivity contribution is 6.25. The molecular weight excluding hydrogens is 378 g/mol. The fourth-order valence-electron chi connectivity index (χ4n) is 3.22. The lowest BCUT2D eigenvalue weighted by atomic mass is 10.1. The van der Waals surface area contributed by atoms with Crippen LogP contribution in [0.5, 0.6) is 5.75 Å². The Labute approximate surface area is 175 Å². The van der Waals surface area contributed by atoms with Gasteiger partial charge in [-0.15, -0.1) is 0 Å². The third-order valence-electron chi connectivity index (χ3n) is 4.96. The topological polar surface area (TPSA) is 59.1 Å². The lowest BCUT2D eigenvalue weighted by Crippen LogP contribution is -2.37. The molecule has 0 aromatic heterocycles. The molecule has 1 fully saturated rings. The smallest absolute Gasteiger partial charge is 0.265 e. The van der Waals surface area contributed by atoms with Crippen molar-refractivity contribution in [3.8, 4) is 5.75 Å². The van der Waals surface area contributed by atoms with E-state index in [4.69, 9.17) is 9.47 Å². The van der Waals surface area contributed by atoms with E-state index >= 15 is 0 Å². The van der Waals surface area contributed by atoms with Gasteiger partial charge in [0.15, 0.2) is 0 Å². The number of hydrogen-bond acceptors (Lipinski definition) is 4. The number of epoxide rings is 1. The first-order chi connectivity index (χ1) is 14.7. The summed E-state index contributed by atoms with van der Waals surface area (Å²) in [5.41, 5.74) is 2.34. The molecule has 2 amide bonds. The van der Waals surface area contributed by atoms with Crippen LogP contribution in [0, 0.1) is 0 Å². The van der Waals surface area contributed by atoms with Crippen LogP contribution >= 0.6 is 0 Å². The first-order valence-corrected chi connectivity index (χ1v) is 10.0. The predicted molar refractivity (Wildman–Crippen MR) is 115 cm³/mol. The van der Waals surface area contributed by atoms with Crippen molar-refractivity contribution in [2.75, 3.05) is 18.1 Å². The van der Waals surface area contributed by atoms with E-state index in [0.717, 1.165) is 17.9 Å². The van der Waals surface area contributed by atoms with E-state index in [1.54, 1.807) is 54.6 Å². The molecule has 1 aliphatic heterocycles. The normalized spacial score (nSPS) is 14.8. The van der Waals surface area contributed by atoms with Crippen LogP contribution in [0.4, 0.5) is 5.69 Å². The van der Waals surface area contributed by atoms with Gasteiger partial charge >= 0.3 is 0 Å². The Morgan fingerprint density at radius 2 is 1.57 bits per heavy atom. The van der Waals surface area contributed by atoms with Crippen LogP contribution in [0.2, 0.25) is 0 Å². The van der Waals surface area contributed by atoms with Gasteiger partial charge in [-0.05, 0) is 54.4 Å². The number of imide groups is 1. The largest absolute Gasteiger partial charge is 0.491 e. The quantitative estimate of drug-likeness (QED) is 0.432. The molecule has 1 heterocycles.